The zero-order chi connectivity index (χ0) is 11.3. The molecule has 1 aromatic rings. The van der Waals surface area contributed by atoms with Crippen LogP contribution in [0.15, 0.2) is 18.2 Å². The van der Waals surface area contributed by atoms with Crippen LogP contribution in [0.1, 0.15) is 30.0 Å². The van der Waals surface area contributed by atoms with E-state index in [2.05, 4.69) is 44.3 Å². The van der Waals surface area contributed by atoms with Crippen LogP contribution in [0.4, 0.5) is 0 Å². The molecule has 0 saturated heterocycles. The van der Waals surface area contributed by atoms with Crippen LogP contribution < -0.4 is 5.32 Å². The van der Waals surface area contributed by atoms with Gasteiger partial charge in [0.05, 0.1) is 0 Å². The summed E-state index contributed by atoms with van der Waals surface area (Å²) in [7, 11) is 2.02. The molecule has 0 aliphatic carbocycles. The van der Waals surface area contributed by atoms with Crippen LogP contribution in [-0.2, 0) is 6.42 Å². The maximum Gasteiger partial charge on any atom is -0.00493 e. The third kappa shape index (κ3) is 4.05. The molecule has 0 aliphatic rings. The molecule has 1 unspecified atom stereocenters. The summed E-state index contributed by atoms with van der Waals surface area (Å²) in [4.78, 5) is 0. The molecule has 1 atom stereocenters. The molecule has 0 fully saturated rings. The normalized spacial score (nSPS) is 12.8. The first-order valence-electron chi connectivity index (χ1n) is 5.84. The summed E-state index contributed by atoms with van der Waals surface area (Å²) in [5.74, 6) is 0.763. The number of hydrogen-bond acceptors (Lipinski definition) is 1. The molecular weight excluding hydrogens is 182 g/mol. The minimum Gasteiger partial charge on any atom is -0.320 e. The van der Waals surface area contributed by atoms with Gasteiger partial charge in [-0.15, -0.1) is 0 Å². The van der Waals surface area contributed by atoms with Crippen LogP contribution in [0.3, 0.4) is 0 Å². The molecule has 1 nitrogen and oxygen atoms in total. The molecule has 15 heavy (non-hydrogen) atoms. The Bertz CT molecular complexity index is 304. The van der Waals surface area contributed by atoms with E-state index in [0.717, 1.165) is 12.5 Å². The fourth-order valence-electron chi connectivity index (χ4n) is 1.83. The first-order valence-corrected chi connectivity index (χ1v) is 5.84. The summed E-state index contributed by atoms with van der Waals surface area (Å²) in [5, 5.41) is 3.20. The summed E-state index contributed by atoms with van der Waals surface area (Å²) in [6.07, 6.45) is 2.45. The van der Waals surface area contributed by atoms with Gasteiger partial charge in [-0.25, -0.2) is 0 Å². The van der Waals surface area contributed by atoms with Crippen LogP contribution in [0.25, 0.3) is 0 Å². The fourth-order valence-corrected chi connectivity index (χ4v) is 1.83. The van der Waals surface area contributed by atoms with Crippen molar-refractivity contribution < 1.29 is 0 Å². The van der Waals surface area contributed by atoms with Gasteiger partial charge in [-0.2, -0.15) is 0 Å². The number of aryl methyl sites for hydroxylation is 2. The Morgan fingerprint density at radius 1 is 1.20 bits per heavy atom. The fraction of sp³-hybridized carbons (Fsp3) is 0.571. The van der Waals surface area contributed by atoms with Crippen molar-refractivity contribution in [1.29, 1.82) is 0 Å². The van der Waals surface area contributed by atoms with E-state index in [0.29, 0.717) is 0 Å². The summed E-state index contributed by atoms with van der Waals surface area (Å²) in [6, 6.07) is 6.82. The van der Waals surface area contributed by atoms with Crippen molar-refractivity contribution in [3.63, 3.8) is 0 Å². The van der Waals surface area contributed by atoms with Crippen LogP contribution in [0.2, 0.25) is 0 Å². The van der Waals surface area contributed by atoms with Gasteiger partial charge in [0.1, 0.15) is 0 Å². The minimum absolute atomic E-state index is 0.763. The Morgan fingerprint density at radius 3 is 2.53 bits per heavy atom. The summed E-state index contributed by atoms with van der Waals surface area (Å²) in [5.41, 5.74) is 4.27. The smallest absolute Gasteiger partial charge is 0.00493 e. The summed E-state index contributed by atoms with van der Waals surface area (Å²) >= 11 is 0. The number of rotatable bonds is 5. The third-order valence-corrected chi connectivity index (χ3v) is 3.04. The standard InChI is InChI=1S/C14H23N/c1-11(7-8-15-4)9-14-6-5-12(2)13(3)10-14/h5-6,10-11,15H,7-9H2,1-4H3. The van der Waals surface area contributed by atoms with Gasteiger partial charge in [-0.1, -0.05) is 25.1 Å². The van der Waals surface area contributed by atoms with E-state index >= 15 is 0 Å². The van der Waals surface area contributed by atoms with E-state index in [-0.39, 0.29) is 0 Å². The lowest BCUT2D eigenvalue weighted by atomic mass is 9.96. The Balaban J connectivity index is 2.53. The van der Waals surface area contributed by atoms with E-state index in [1.54, 1.807) is 0 Å². The predicted octanol–water partition coefficient (Wildman–Crippen LogP) is 3.09. The first kappa shape index (κ1) is 12.3. The van der Waals surface area contributed by atoms with Gasteiger partial charge < -0.3 is 5.32 Å². The van der Waals surface area contributed by atoms with Crippen LogP contribution in [0, 0.1) is 19.8 Å². The van der Waals surface area contributed by atoms with Gasteiger partial charge in [0.25, 0.3) is 0 Å². The van der Waals surface area contributed by atoms with Crippen molar-refractivity contribution in [2.75, 3.05) is 13.6 Å². The molecule has 0 saturated carbocycles. The molecule has 0 amide bonds. The van der Waals surface area contributed by atoms with Crippen LogP contribution >= 0.6 is 0 Å². The highest BCUT2D eigenvalue weighted by molar-refractivity contribution is 5.30. The lowest BCUT2D eigenvalue weighted by Gasteiger charge is -2.12. The van der Waals surface area contributed by atoms with Gasteiger partial charge >= 0.3 is 0 Å². The topological polar surface area (TPSA) is 12.0 Å². The molecule has 1 rings (SSSR count). The van der Waals surface area contributed by atoms with Crippen molar-refractivity contribution >= 4 is 0 Å². The number of benzene rings is 1. The molecule has 84 valence electrons. The zero-order valence-electron chi connectivity index (χ0n) is 10.4. The average Bonchev–Trinajstić information content (AvgIpc) is 2.20. The molecular formula is C14H23N. The molecule has 1 heteroatoms. The predicted molar refractivity (Wildman–Crippen MR) is 67.3 cm³/mol. The molecule has 0 bridgehead atoms. The van der Waals surface area contributed by atoms with Crippen LogP contribution in [-0.4, -0.2) is 13.6 Å². The average molecular weight is 205 g/mol. The Hall–Kier alpha value is -0.820. The molecule has 1 aromatic carbocycles. The van der Waals surface area contributed by atoms with Crippen LogP contribution in [0.5, 0.6) is 0 Å². The molecule has 0 radical (unpaired) electrons. The van der Waals surface area contributed by atoms with Gasteiger partial charge in [0.15, 0.2) is 0 Å². The number of nitrogens with one attached hydrogen (secondary N) is 1. The highest BCUT2D eigenvalue weighted by Gasteiger charge is 2.03. The second-order valence-corrected chi connectivity index (χ2v) is 4.62. The van der Waals surface area contributed by atoms with E-state index in [4.69, 9.17) is 0 Å². The monoisotopic (exact) mass is 205 g/mol. The molecule has 0 heterocycles. The largest absolute Gasteiger partial charge is 0.320 e. The highest BCUT2D eigenvalue weighted by atomic mass is 14.8. The summed E-state index contributed by atoms with van der Waals surface area (Å²) in [6.45, 7) is 7.80. The van der Waals surface area contributed by atoms with Crippen molar-refractivity contribution in [2.24, 2.45) is 5.92 Å². The van der Waals surface area contributed by atoms with Gasteiger partial charge in [0, 0.05) is 0 Å². The zero-order valence-corrected chi connectivity index (χ0v) is 10.4. The third-order valence-electron chi connectivity index (χ3n) is 3.04. The molecule has 0 spiro atoms. The maximum atomic E-state index is 3.20. The maximum absolute atomic E-state index is 3.20. The Morgan fingerprint density at radius 2 is 1.93 bits per heavy atom. The second kappa shape index (κ2) is 5.92. The second-order valence-electron chi connectivity index (χ2n) is 4.62. The van der Waals surface area contributed by atoms with Crippen molar-refractivity contribution in [2.45, 2.75) is 33.6 Å². The minimum atomic E-state index is 0.763. The highest BCUT2D eigenvalue weighted by Crippen LogP contribution is 2.15. The quantitative estimate of drug-likeness (QED) is 0.779. The molecule has 0 aliphatic heterocycles. The van der Waals surface area contributed by atoms with Crippen molar-refractivity contribution in [3.05, 3.63) is 34.9 Å². The van der Waals surface area contributed by atoms with E-state index in [9.17, 15) is 0 Å². The lowest BCUT2D eigenvalue weighted by Crippen LogP contribution is -2.12. The van der Waals surface area contributed by atoms with Gasteiger partial charge in [0.2, 0.25) is 0 Å². The molecule has 0 aromatic heterocycles. The Labute approximate surface area is 93.9 Å². The number of hydrogen-bond donors (Lipinski definition) is 1. The van der Waals surface area contributed by atoms with E-state index in [1.807, 2.05) is 7.05 Å². The van der Waals surface area contributed by atoms with Gasteiger partial charge in [-0.05, 0) is 62.9 Å². The molecule has 1 N–H and O–H groups in total. The van der Waals surface area contributed by atoms with Crippen molar-refractivity contribution in [1.82, 2.24) is 5.32 Å². The first-order chi connectivity index (χ1) is 7.13. The van der Waals surface area contributed by atoms with Gasteiger partial charge in [-0.3, -0.25) is 0 Å². The van der Waals surface area contributed by atoms with Crippen molar-refractivity contribution in [3.8, 4) is 0 Å². The van der Waals surface area contributed by atoms with E-state index in [1.165, 1.54) is 29.5 Å². The lowest BCUT2D eigenvalue weighted by molar-refractivity contribution is 0.515. The van der Waals surface area contributed by atoms with E-state index < -0.39 is 0 Å². The Kier molecular flexibility index (Phi) is 4.83. The SMILES string of the molecule is CNCCC(C)Cc1ccc(C)c(C)c1. The summed E-state index contributed by atoms with van der Waals surface area (Å²) < 4.78 is 0.